The molecular weight excluding hydrogens is 336 g/mol. The third-order valence-electron chi connectivity index (χ3n) is 3.44. The molecule has 25 heavy (non-hydrogen) atoms. The fraction of sp³-hybridized carbons (Fsp3) is 0.200. The van der Waals surface area contributed by atoms with Gasteiger partial charge in [0.05, 0.1) is 18.4 Å². The van der Waals surface area contributed by atoms with Crippen LogP contribution < -0.4 is 4.74 Å². The number of rotatable bonds is 6. The van der Waals surface area contributed by atoms with Crippen LogP contribution in [-0.2, 0) is 13.6 Å². The second kappa shape index (κ2) is 6.67. The minimum atomic E-state index is -2.94. The van der Waals surface area contributed by atoms with Crippen LogP contribution in [0.15, 0.2) is 36.5 Å². The Labute approximate surface area is 140 Å². The fourth-order valence-corrected chi connectivity index (χ4v) is 2.30. The van der Waals surface area contributed by atoms with Crippen molar-refractivity contribution in [2.24, 2.45) is 7.05 Å². The lowest BCUT2D eigenvalue weighted by atomic mass is 10.1. The van der Waals surface area contributed by atoms with E-state index in [9.17, 15) is 13.6 Å². The van der Waals surface area contributed by atoms with Gasteiger partial charge in [0.25, 0.3) is 0 Å². The molecule has 0 unspecified atom stereocenters. The van der Waals surface area contributed by atoms with Gasteiger partial charge in [0, 0.05) is 12.6 Å². The highest BCUT2D eigenvalue weighted by Crippen LogP contribution is 2.29. The highest BCUT2D eigenvalue weighted by molar-refractivity contribution is 5.85. The van der Waals surface area contributed by atoms with Gasteiger partial charge in [-0.25, -0.2) is 9.48 Å². The van der Waals surface area contributed by atoms with Crippen molar-refractivity contribution in [3.63, 3.8) is 0 Å². The minimum Gasteiger partial charge on any atom is -0.476 e. The van der Waals surface area contributed by atoms with Gasteiger partial charge in [-0.3, -0.25) is 4.68 Å². The molecule has 0 saturated carbocycles. The maximum absolute atomic E-state index is 12.5. The van der Waals surface area contributed by atoms with Crippen LogP contribution >= 0.6 is 0 Å². The number of para-hydroxylation sites is 1. The Morgan fingerprint density at radius 3 is 2.80 bits per heavy atom. The summed E-state index contributed by atoms with van der Waals surface area (Å²) in [4.78, 5) is 10.9. The standard InChI is InChI=1S/C15H13F2N5O3/c1-21-9(6-11(19-21)14(23)24)7-22-8-12(18-20-22)10-4-2-3-5-13(10)25-15(16)17/h2-6,8,15H,7H2,1H3,(H,23,24). The minimum absolute atomic E-state index is 0.00162. The van der Waals surface area contributed by atoms with Gasteiger partial charge in [0.15, 0.2) is 5.69 Å². The Morgan fingerprint density at radius 1 is 1.36 bits per heavy atom. The number of ether oxygens (including phenoxy) is 1. The van der Waals surface area contributed by atoms with Crippen molar-refractivity contribution in [3.05, 3.63) is 47.9 Å². The monoisotopic (exact) mass is 349 g/mol. The Morgan fingerprint density at radius 2 is 2.12 bits per heavy atom. The predicted octanol–water partition coefficient (Wildman–Crippen LogP) is 2.03. The SMILES string of the molecule is Cn1nc(C(=O)O)cc1Cn1cc(-c2ccccc2OC(F)F)nn1. The molecule has 0 aliphatic heterocycles. The smallest absolute Gasteiger partial charge is 0.387 e. The molecule has 1 aromatic carbocycles. The molecule has 3 rings (SSSR count). The van der Waals surface area contributed by atoms with Crippen molar-refractivity contribution in [2.75, 3.05) is 0 Å². The number of alkyl halides is 2. The van der Waals surface area contributed by atoms with E-state index in [1.54, 1.807) is 31.4 Å². The summed E-state index contributed by atoms with van der Waals surface area (Å²) in [5, 5.41) is 20.7. The zero-order valence-corrected chi connectivity index (χ0v) is 13.0. The predicted molar refractivity (Wildman–Crippen MR) is 81.4 cm³/mol. The molecule has 0 fully saturated rings. The van der Waals surface area contributed by atoms with Gasteiger partial charge in [-0.05, 0) is 18.2 Å². The first-order valence-electron chi connectivity index (χ1n) is 7.14. The molecule has 2 heterocycles. The summed E-state index contributed by atoms with van der Waals surface area (Å²) in [5.74, 6) is -1.13. The molecule has 0 atom stereocenters. The number of carboxylic acids is 1. The highest BCUT2D eigenvalue weighted by atomic mass is 19.3. The zero-order valence-electron chi connectivity index (χ0n) is 13.0. The van der Waals surface area contributed by atoms with Crippen LogP contribution in [0.5, 0.6) is 5.75 Å². The van der Waals surface area contributed by atoms with E-state index in [0.29, 0.717) is 17.0 Å². The molecule has 0 radical (unpaired) electrons. The van der Waals surface area contributed by atoms with Gasteiger partial charge in [0.1, 0.15) is 11.4 Å². The highest BCUT2D eigenvalue weighted by Gasteiger charge is 2.15. The van der Waals surface area contributed by atoms with Crippen LogP contribution in [-0.4, -0.2) is 42.5 Å². The Bertz CT molecular complexity index is 906. The van der Waals surface area contributed by atoms with Crippen molar-refractivity contribution in [1.29, 1.82) is 0 Å². The number of nitrogens with zero attached hydrogens (tertiary/aromatic N) is 5. The average Bonchev–Trinajstić information content (AvgIpc) is 3.15. The van der Waals surface area contributed by atoms with E-state index >= 15 is 0 Å². The lowest BCUT2D eigenvalue weighted by Crippen LogP contribution is -2.06. The van der Waals surface area contributed by atoms with Crippen LogP contribution in [0.3, 0.4) is 0 Å². The van der Waals surface area contributed by atoms with Crippen LogP contribution in [0, 0.1) is 0 Å². The fourth-order valence-electron chi connectivity index (χ4n) is 2.30. The quantitative estimate of drug-likeness (QED) is 0.732. The zero-order chi connectivity index (χ0) is 18.0. The molecule has 130 valence electrons. The molecule has 0 spiro atoms. The van der Waals surface area contributed by atoms with Gasteiger partial charge < -0.3 is 9.84 Å². The molecule has 0 saturated heterocycles. The number of carboxylic acid groups (broad SMARTS) is 1. The van der Waals surface area contributed by atoms with Gasteiger partial charge in [-0.15, -0.1) is 5.10 Å². The summed E-state index contributed by atoms with van der Waals surface area (Å²) in [6, 6.07) is 7.69. The molecule has 0 aliphatic carbocycles. The summed E-state index contributed by atoms with van der Waals surface area (Å²) in [6.07, 6.45) is 1.56. The maximum atomic E-state index is 12.5. The average molecular weight is 349 g/mol. The largest absolute Gasteiger partial charge is 0.476 e. The summed E-state index contributed by atoms with van der Waals surface area (Å²) < 4.78 is 32.4. The Kier molecular flexibility index (Phi) is 4.42. The topological polar surface area (TPSA) is 95.1 Å². The second-order valence-electron chi connectivity index (χ2n) is 5.13. The molecule has 2 aromatic heterocycles. The van der Waals surface area contributed by atoms with Crippen LogP contribution in [0.4, 0.5) is 8.78 Å². The van der Waals surface area contributed by atoms with Crippen LogP contribution in [0.25, 0.3) is 11.3 Å². The van der Waals surface area contributed by atoms with Gasteiger partial charge in [-0.2, -0.15) is 13.9 Å². The van der Waals surface area contributed by atoms with E-state index in [4.69, 9.17) is 5.11 Å². The van der Waals surface area contributed by atoms with E-state index < -0.39 is 12.6 Å². The second-order valence-corrected chi connectivity index (χ2v) is 5.13. The first kappa shape index (κ1) is 16.6. The third kappa shape index (κ3) is 3.62. The van der Waals surface area contributed by atoms with Gasteiger partial charge in [-0.1, -0.05) is 17.3 Å². The van der Waals surface area contributed by atoms with E-state index in [-0.39, 0.29) is 18.0 Å². The number of aromatic carboxylic acids is 1. The third-order valence-corrected chi connectivity index (χ3v) is 3.44. The van der Waals surface area contributed by atoms with Crippen molar-refractivity contribution >= 4 is 5.97 Å². The van der Waals surface area contributed by atoms with Crippen LogP contribution in [0.2, 0.25) is 0 Å². The molecule has 3 aromatic rings. The van der Waals surface area contributed by atoms with Crippen LogP contribution in [0.1, 0.15) is 16.2 Å². The number of halogens is 2. The number of benzene rings is 1. The van der Waals surface area contributed by atoms with Crippen molar-refractivity contribution in [1.82, 2.24) is 24.8 Å². The summed E-state index contributed by atoms with van der Waals surface area (Å²) in [6.45, 7) is -2.72. The molecule has 1 N–H and O–H groups in total. The van der Waals surface area contributed by atoms with E-state index in [1.165, 1.54) is 21.5 Å². The van der Waals surface area contributed by atoms with Crippen molar-refractivity contribution < 1.29 is 23.4 Å². The van der Waals surface area contributed by atoms with Gasteiger partial charge >= 0.3 is 12.6 Å². The number of hydrogen-bond donors (Lipinski definition) is 1. The number of aromatic nitrogens is 5. The van der Waals surface area contributed by atoms with E-state index in [1.807, 2.05) is 0 Å². The lowest BCUT2D eigenvalue weighted by Gasteiger charge is -2.07. The van der Waals surface area contributed by atoms with E-state index in [0.717, 1.165) is 0 Å². The lowest BCUT2D eigenvalue weighted by molar-refractivity contribution is -0.0494. The van der Waals surface area contributed by atoms with Crippen molar-refractivity contribution in [2.45, 2.75) is 13.2 Å². The molecular formula is C15H13F2N5O3. The normalized spacial score (nSPS) is 11.0. The molecule has 8 nitrogen and oxygen atoms in total. The molecule has 0 bridgehead atoms. The number of carbonyl (C=O) groups is 1. The maximum Gasteiger partial charge on any atom is 0.387 e. The Balaban J connectivity index is 1.85. The summed E-state index contributed by atoms with van der Waals surface area (Å²) >= 11 is 0. The first-order valence-corrected chi connectivity index (χ1v) is 7.14. The molecule has 0 amide bonds. The first-order chi connectivity index (χ1) is 11.9. The molecule has 10 heteroatoms. The molecule has 0 aliphatic rings. The number of hydrogen-bond acceptors (Lipinski definition) is 5. The van der Waals surface area contributed by atoms with Crippen molar-refractivity contribution in [3.8, 4) is 17.0 Å². The van der Waals surface area contributed by atoms with E-state index in [2.05, 4.69) is 20.1 Å². The summed E-state index contributed by atoms with van der Waals surface area (Å²) in [7, 11) is 1.62. The number of aryl methyl sites for hydroxylation is 1. The Hall–Kier alpha value is -3.30. The summed E-state index contributed by atoms with van der Waals surface area (Å²) in [5.41, 5.74) is 1.27. The van der Waals surface area contributed by atoms with Gasteiger partial charge in [0.2, 0.25) is 0 Å².